The quantitative estimate of drug-likeness (QED) is 0.265. The summed E-state index contributed by atoms with van der Waals surface area (Å²) in [6.45, 7) is 1.34. The fourth-order valence-corrected chi connectivity index (χ4v) is 5.18. The monoisotopic (exact) mass is 608 g/mol. The Labute approximate surface area is 216 Å². The highest BCUT2D eigenvalue weighted by atomic mass is 79.9. The Balaban J connectivity index is 1.84. The van der Waals surface area contributed by atoms with Crippen molar-refractivity contribution in [3.8, 4) is 0 Å². The molecule has 4 aromatic rings. The molecule has 0 spiro atoms. The van der Waals surface area contributed by atoms with Crippen molar-refractivity contribution in [2.24, 2.45) is 0 Å². The molecular weight excluding hydrogens is 595 g/mol. The largest absolute Gasteiger partial charge is 0.353 e. The molecule has 0 fully saturated rings. The van der Waals surface area contributed by atoms with Crippen molar-refractivity contribution in [3.05, 3.63) is 95.3 Å². The number of rotatable bonds is 5. The molecule has 3 aromatic carbocycles. The third kappa shape index (κ3) is 5.09. The normalized spacial score (nSPS) is 10.9. The number of halogens is 4. The summed E-state index contributed by atoms with van der Waals surface area (Å²) in [6, 6.07) is 16.3. The predicted molar refractivity (Wildman–Crippen MR) is 140 cm³/mol. The van der Waals surface area contributed by atoms with E-state index in [-0.39, 0.29) is 17.9 Å². The summed E-state index contributed by atoms with van der Waals surface area (Å²) in [5.74, 6) is -0.0203. The van der Waals surface area contributed by atoms with Crippen LogP contribution >= 0.6 is 55.1 Å². The summed E-state index contributed by atoms with van der Waals surface area (Å²) in [7, 11) is 0. The van der Waals surface area contributed by atoms with Gasteiger partial charge >= 0.3 is 0 Å². The molecule has 1 heterocycles. The summed E-state index contributed by atoms with van der Waals surface area (Å²) in [4.78, 5) is 29.8. The lowest BCUT2D eigenvalue weighted by molar-refractivity contribution is -0.115. The van der Waals surface area contributed by atoms with Crippen LogP contribution in [0.4, 0.5) is 11.4 Å². The lowest BCUT2D eigenvalue weighted by Crippen LogP contribution is -2.35. The molecule has 6 nitrogen and oxygen atoms in total. The third-order valence-electron chi connectivity index (χ3n) is 4.82. The molecule has 4 rings (SSSR count). The zero-order valence-electron chi connectivity index (χ0n) is 17.1. The van der Waals surface area contributed by atoms with Crippen molar-refractivity contribution in [1.82, 2.24) is 9.66 Å². The maximum atomic E-state index is 13.3. The Morgan fingerprint density at radius 3 is 2.45 bits per heavy atom. The van der Waals surface area contributed by atoms with Crippen molar-refractivity contribution in [2.75, 3.05) is 10.7 Å². The molecule has 2 N–H and O–H groups in total. The van der Waals surface area contributed by atoms with Crippen molar-refractivity contribution >= 4 is 83.2 Å². The first kappa shape index (κ1) is 23.8. The minimum Gasteiger partial charge on any atom is -0.353 e. The summed E-state index contributed by atoms with van der Waals surface area (Å²) in [5, 5.41) is 4.60. The van der Waals surface area contributed by atoms with Crippen LogP contribution in [0.1, 0.15) is 18.3 Å². The van der Waals surface area contributed by atoms with Gasteiger partial charge in [-0.2, -0.15) is 0 Å². The van der Waals surface area contributed by atoms with E-state index < -0.39 is 0 Å². The number of hydrogen-bond donors (Lipinski definition) is 2. The molecule has 0 saturated carbocycles. The van der Waals surface area contributed by atoms with Crippen LogP contribution in [0.5, 0.6) is 0 Å². The van der Waals surface area contributed by atoms with Gasteiger partial charge in [-0.3, -0.25) is 15.0 Å². The van der Waals surface area contributed by atoms with Gasteiger partial charge in [-0.05, 0) is 51.8 Å². The van der Waals surface area contributed by atoms with Crippen LogP contribution in [0.2, 0.25) is 10.0 Å². The summed E-state index contributed by atoms with van der Waals surface area (Å²) in [6.07, 6.45) is 0.249. The van der Waals surface area contributed by atoms with Crippen molar-refractivity contribution in [2.45, 2.75) is 13.3 Å². The summed E-state index contributed by atoms with van der Waals surface area (Å²) in [5.41, 5.74) is 4.85. The number of para-hydroxylation sites is 2. The summed E-state index contributed by atoms with van der Waals surface area (Å²) < 4.78 is 2.56. The molecule has 1 aromatic heterocycles. The Morgan fingerprint density at radius 1 is 1.06 bits per heavy atom. The maximum Gasteiger partial charge on any atom is 0.280 e. The fourth-order valence-electron chi connectivity index (χ4n) is 3.37. The first-order valence-electron chi connectivity index (χ1n) is 9.72. The lowest BCUT2D eigenvalue weighted by atomic mass is 10.1. The van der Waals surface area contributed by atoms with Gasteiger partial charge in [-0.1, -0.05) is 63.4 Å². The molecule has 0 unspecified atom stereocenters. The lowest BCUT2D eigenvalue weighted by Gasteiger charge is -2.17. The van der Waals surface area contributed by atoms with Crippen LogP contribution < -0.4 is 16.3 Å². The van der Waals surface area contributed by atoms with Crippen molar-refractivity contribution < 1.29 is 4.79 Å². The Bertz CT molecular complexity index is 1440. The number of nitrogens with zero attached hydrogens (tertiary/aromatic N) is 2. The van der Waals surface area contributed by atoms with E-state index in [9.17, 15) is 9.59 Å². The second-order valence-electron chi connectivity index (χ2n) is 7.18. The number of nitrogens with one attached hydrogen (secondary N) is 2. The average Bonchev–Trinajstić information content (AvgIpc) is 2.75. The van der Waals surface area contributed by atoms with Crippen LogP contribution in [0.15, 0.2) is 68.3 Å². The standard InChI is InChI=1S/C23H16Br2Cl2N4O2/c1-12(32)30-31-20(29-21-15(23(31)33)10-14(24)11-16(21)25)9-13-5-2-3-8-19(13)28-22-17(26)6-4-7-18(22)27/h2-8,10-11,28H,9H2,1H3,(H,30,32). The van der Waals surface area contributed by atoms with E-state index in [0.29, 0.717) is 41.4 Å². The smallest absolute Gasteiger partial charge is 0.280 e. The number of benzene rings is 3. The summed E-state index contributed by atoms with van der Waals surface area (Å²) >= 11 is 19.5. The Hall–Kier alpha value is -2.39. The van der Waals surface area contributed by atoms with Gasteiger partial charge in [0.1, 0.15) is 5.82 Å². The molecule has 0 aliphatic carbocycles. The second-order valence-corrected chi connectivity index (χ2v) is 9.76. The zero-order valence-corrected chi connectivity index (χ0v) is 21.8. The second kappa shape index (κ2) is 9.85. The van der Waals surface area contributed by atoms with E-state index in [1.165, 1.54) is 11.6 Å². The number of aromatic nitrogens is 2. The molecular formula is C23H16Br2Cl2N4O2. The number of fused-ring (bicyclic) bond motifs is 1. The van der Waals surface area contributed by atoms with Gasteiger partial charge in [0.05, 0.1) is 26.6 Å². The van der Waals surface area contributed by atoms with Crippen molar-refractivity contribution in [3.63, 3.8) is 0 Å². The van der Waals surface area contributed by atoms with E-state index in [1.54, 1.807) is 24.3 Å². The van der Waals surface area contributed by atoms with Gasteiger partial charge < -0.3 is 5.32 Å². The number of hydrogen-bond acceptors (Lipinski definition) is 4. The van der Waals surface area contributed by atoms with Gasteiger partial charge in [0.15, 0.2) is 0 Å². The van der Waals surface area contributed by atoms with E-state index in [0.717, 1.165) is 11.3 Å². The SMILES string of the molecule is CC(=O)Nn1c(Cc2ccccc2Nc2c(Cl)cccc2Cl)nc2c(Br)cc(Br)cc2c1=O. The molecule has 33 heavy (non-hydrogen) atoms. The van der Waals surface area contributed by atoms with Gasteiger partial charge in [-0.15, -0.1) is 0 Å². The number of carbonyl (C=O) groups is 1. The molecule has 0 bridgehead atoms. The van der Waals surface area contributed by atoms with Crippen LogP contribution in [0, 0.1) is 0 Å². The molecule has 0 atom stereocenters. The number of carbonyl (C=O) groups excluding carboxylic acids is 1. The number of amides is 1. The van der Waals surface area contributed by atoms with Crippen molar-refractivity contribution in [1.29, 1.82) is 0 Å². The van der Waals surface area contributed by atoms with Gasteiger partial charge in [0, 0.05) is 28.0 Å². The van der Waals surface area contributed by atoms with E-state index in [2.05, 4.69) is 42.6 Å². The molecule has 168 valence electrons. The highest BCUT2D eigenvalue weighted by molar-refractivity contribution is 9.11. The average molecular weight is 611 g/mol. The van der Waals surface area contributed by atoms with Crippen LogP contribution in [-0.2, 0) is 11.2 Å². The van der Waals surface area contributed by atoms with Gasteiger partial charge in [0.2, 0.25) is 5.91 Å². The molecule has 0 radical (unpaired) electrons. The number of anilines is 2. The fraction of sp³-hybridized carbons (Fsp3) is 0.0870. The highest BCUT2D eigenvalue weighted by Gasteiger charge is 2.17. The van der Waals surface area contributed by atoms with Gasteiger partial charge in [0.25, 0.3) is 5.56 Å². The van der Waals surface area contributed by atoms with E-state index in [1.807, 2.05) is 30.3 Å². The minimum absolute atomic E-state index is 0.249. The maximum absolute atomic E-state index is 13.3. The Morgan fingerprint density at radius 2 is 1.76 bits per heavy atom. The molecule has 0 aliphatic heterocycles. The minimum atomic E-state index is -0.386. The van der Waals surface area contributed by atoms with E-state index in [4.69, 9.17) is 28.2 Å². The third-order valence-corrected chi connectivity index (χ3v) is 6.51. The topological polar surface area (TPSA) is 76.0 Å². The zero-order chi connectivity index (χ0) is 23.7. The molecule has 10 heteroatoms. The first-order chi connectivity index (χ1) is 15.7. The highest BCUT2D eigenvalue weighted by Crippen LogP contribution is 2.34. The Kier molecular flexibility index (Phi) is 7.09. The molecule has 0 saturated heterocycles. The molecule has 0 aliphatic rings. The van der Waals surface area contributed by atoms with E-state index >= 15 is 0 Å². The molecule has 1 amide bonds. The van der Waals surface area contributed by atoms with Crippen LogP contribution in [-0.4, -0.2) is 15.6 Å². The van der Waals surface area contributed by atoms with Crippen LogP contribution in [0.3, 0.4) is 0 Å². The van der Waals surface area contributed by atoms with Crippen LogP contribution in [0.25, 0.3) is 10.9 Å². The predicted octanol–water partition coefficient (Wildman–Crippen LogP) is 6.65. The van der Waals surface area contributed by atoms with Gasteiger partial charge in [-0.25, -0.2) is 9.66 Å². The first-order valence-corrected chi connectivity index (χ1v) is 12.1.